The first-order valence-corrected chi connectivity index (χ1v) is 8.33. The number of benzene rings is 1. The van der Waals surface area contributed by atoms with Crippen LogP contribution in [-0.4, -0.2) is 31.7 Å². The number of amides is 1. The first kappa shape index (κ1) is 17.8. The van der Waals surface area contributed by atoms with E-state index in [1.165, 1.54) is 4.57 Å². The molecule has 0 aliphatic carbocycles. The van der Waals surface area contributed by atoms with Crippen LogP contribution in [0.3, 0.4) is 0 Å². The quantitative estimate of drug-likeness (QED) is 0.774. The maximum absolute atomic E-state index is 12.6. The maximum atomic E-state index is 12.6. The van der Waals surface area contributed by atoms with Crippen molar-refractivity contribution in [2.75, 3.05) is 6.54 Å². The van der Waals surface area contributed by atoms with Gasteiger partial charge in [0.15, 0.2) is 4.84 Å². The van der Waals surface area contributed by atoms with Crippen LogP contribution >= 0.6 is 23.2 Å². The Hall–Kier alpha value is -1.59. The number of hydrogen-bond donors (Lipinski definition) is 0. The van der Waals surface area contributed by atoms with Gasteiger partial charge in [0.1, 0.15) is 5.82 Å². The summed E-state index contributed by atoms with van der Waals surface area (Å²) in [5, 5.41) is 0.551. The Morgan fingerprint density at radius 1 is 1.30 bits per heavy atom. The van der Waals surface area contributed by atoms with Crippen molar-refractivity contribution in [3.63, 3.8) is 0 Å². The molecule has 1 amide bonds. The van der Waals surface area contributed by atoms with E-state index in [1.807, 2.05) is 19.9 Å². The molecular formula is C16H19Cl2N3O2. The van der Waals surface area contributed by atoms with Gasteiger partial charge in [-0.05, 0) is 25.5 Å². The van der Waals surface area contributed by atoms with Gasteiger partial charge in [-0.2, -0.15) is 0 Å². The fourth-order valence-electron chi connectivity index (χ4n) is 2.73. The molecule has 7 heteroatoms. The summed E-state index contributed by atoms with van der Waals surface area (Å²) in [6, 6.07) is 6.80. The van der Waals surface area contributed by atoms with E-state index in [9.17, 15) is 9.59 Å². The van der Waals surface area contributed by atoms with Crippen LogP contribution in [-0.2, 0) is 11.8 Å². The summed E-state index contributed by atoms with van der Waals surface area (Å²) in [7, 11) is 1.66. The molecule has 0 saturated carbocycles. The van der Waals surface area contributed by atoms with Crippen molar-refractivity contribution in [2.45, 2.75) is 31.1 Å². The SMILES string of the molecule is CC[C@H](c1nc2ccccc2c(=O)n1C)N(CC)C(=O)C(Cl)Cl. The fourth-order valence-corrected chi connectivity index (χ4v) is 2.98. The van der Waals surface area contributed by atoms with Gasteiger partial charge in [-0.3, -0.25) is 14.2 Å². The zero-order valence-corrected chi connectivity index (χ0v) is 14.8. The van der Waals surface area contributed by atoms with Crippen LogP contribution in [0.1, 0.15) is 32.1 Å². The molecule has 0 aliphatic rings. The number of rotatable bonds is 5. The van der Waals surface area contributed by atoms with Gasteiger partial charge < -0.3 is 4.90 Å². The lowest BCUT2D eigenvalue weighted by Crippen LogP contribution is -2.40. The molecule has 0 bridgehead atoms. The molecule has 124 valence electrons. The van der Waals surface area contributed by atoms with Crippen LogP contribution in [0.15, 0.2) is 29.1 Å². The van der Waals surface area contributed by atoms with Gasteiger partial charge in [-0.25, -0.2) is 4.98 Å². The maximum Gasteiger partial charge on any atom is 0.261 e. The zero-order chi connectivity index (χ0) is 17.1. The molecule has 2 aromatic rings. The van der Waals surface area contributed by atoms with Crippen molar-refractivity contribution < 1.29 is 4.79 Å². The van der Waals surface area contributed by atoms with E-state index < -0.39 is 4.84 Å². The third kappa shape index (κ3) is 3.35. The Balaban J connectivity index is 2.61. The van der Waals surface area contributed by atoms with E-state index in [0.717, 1.165) is 0 Å². The number of alkyl halides is 2. The molecule has 1 heterocycles. The normalized spacial score (nSPS) is 12.6. The van der Waals surface area contributed by atoms with Crippen molar-refractivity contribution >= 4 is 40.0 Å². The topological polar surface area (TPSA) is 55.2 Å². The van der Waals surface area contributed by atoms with E-state index in [2.05, 4.69) is 4.98 Å². The standard InChI is InChI=1S/C16H19Cl2N3O2/c1-4-12(21(5-2)16(23)13(17)18)14-19-11-9-7-6-8-10(11)15(22)20(14)3/h6-9,12-13H,4-5H2,1-3H3/t12-/m1/s1. The van der Waals surface area contributed by atoms with Crippen molar-refractivity contribution in [3.8, 4) is 0 Å². The van der Waals surface area contributed by atoms with Gasteiger partial charge in [0, 0.05) is 13.6 Å². The van der Waals surface area contributed by atoms with Gasteiger partial charge in [-0.15, -0.1) is 0 Å². The van der Waals surface area contributed by atoms with Crippen molar-refractivity contribution in [1.82, 2.24) is 14.5 Å². The first-order chi connectivity index (χ1) is 10.9. The van der Waals surface area contributed by atoms with E-state index >= 15 is 0 Å². The van der Waals surface area contributed by atoms with Gasteiger partial charge in [-0.1, -0.05) is 42.3 Å². The fraction of sp³-hybridized carbons (Fsp3) is 0.438. The Labute approximate surface area is 144 Å². The average molecular weight is 356 g/mol. The van der Waals surface area contributed by atoms with Crippen molar-refractivity contribution in [1.29, 1.82) is 0 Å². The van der Waals surface area contributed by atoms with Crippen LogP contribution in [0.2, 0.25) is 0 Å². The van der Waals surface area contributed by atoms with Crippen molar-refractivity contribution in [2.24, 2.45) is 7.05 Å². The monoisotopic (exact) mass is 355 g/mol. The number of carbonyl (C=O) groups excluding carboxylic acids is 1. The summed E-state index contributed by atoms with van der Waals surface area (Å²) in [6.07, 6.45) is 0.596. The Morgan fingerprint density at radius 3 is 2.52 bits per heavy atom. The number of nitrogens with zero attached hydrogens (tertiary/aromatic N) is 3. The van der Waals surface area contributed by atoms with E-state index in [1.54, 1.807) is 30.1 Å². The number of carbonyl (C=O) groups is 1. The number of aromatic nitrogens is 2. The molecule has 0 radical (unpaired) electrons. The molecule has 5 nitrogen and oxygen atoms in total. The molecule has 23 heavy (non-hydrogen) atoms. The second-order valence-corrected chi connectivity index (χ2v) is 6.30. The van der Waals surface area contributed by atoms with Gasteiger partial charge >= 0.3 is 0 Å². The lowest BCUT2D eigenvalue weighted by molar-refractivity contribution is -0.131. The molecule has 0 N–H and O–H groups in total. The van der Waals surface area contributed by atoms with Crippen LogP contribution < -0.4 is 5.56 Å². The lowest BCUT2D eigenvalue weighted by atomic mass is 10.1. The Kier molecular flexibility index (Phi) is 5.65. The average Bonchev–Trinajstić information content (AvgIpc) is 2.55. The highest BCUT2D eigenvalue weighted by Gasteiger charge is 2.29. The summed E-state index contributed by atoms with van der Waals surface area (Å²) < 4.78 is 1.49. The molecule has 0 saturated heterocycles. The first-order valence-electron chi connectivity index (χ1n) is 7.46. The summed E-state index contributed by atoms with van der Waals surface area (Å²) in [6.45, 7) is 4.20. The summed E-state index contributed by atoms with van der Waals surface area (Å²) in [4.78, 5) is 29.8. The number of hydrogen-bond acceptors (Lipinski definition) is 3. The molecule has 1 atom stereocenters. The van der Waals surface area contributed by atoms with Gasteiger partial charge in [0.2, 0.25) is 0 Å². The Bertz CT molecular complexity index is 773. The minimum absolute atomic E-state index is 0.138. The third-order valence-corrected chi connectivity index (χ3v) is 4.26. The largest absolute Gasteiger partial charge is 0.330 e. The summed E-state index contributed by atoms with van der Waals surface area (Å²) in [5.74, 6) is 0.144. The van der Waals surface area contributed by atoms with Crippen molar-refractivity contribution in [3.05, 3.63) is 40.4 Å². The smallest absolute Gasteiger partial charge is 0.261 e. The predicted octanol–water partition coefficient (Wildman–Crippen LogP) is 3.04. The number of halogens is 2. The Morgan fingerprint density at radius 2 is 1.96 bits per heavy atom. The van der Waals surface area contributed by atoms with Crippen LogP contribution in [0.5, 0.6) is 0 Å². The van der Waals surface area contributed by atoms with Crippen LogP contribution in [0.25, 0.3) is 10.9 Å². The van der Waals surface area contributed by atoms with Crippen LogP contribution in [0.4, 0.5) is 0 Å². The lowest BCUT2D eigenvalue weighted by Gasteiger charge is -2.31. The molecule has 0 spiro atoms. The minimum atomic E-state index is -1.14. The summed E-state index contributed by atoms with van der Waals surface area (Å²) in [5.41, 5.74) is 0.474. The number of para-hydroxylation sites is 1. The molecule has 2 rings (SSSR count). The molecule has 0 unspecified atom stereocenters. The molecule has 0 aliphatic heterocycles. The molecule has 1 aromatic heterocycles. The second kappa shape index (κ2) is 7.32. The zero-order valence-electron chi connectivity index (χ0n) is 13.3. The highest BCUT2D eigenvalue weighted by molar-refractivity contribution is 6.53. The molecule has 0 fully saturated rings. The molecule has 1 aromatic carbocycles. The predicted molar refractivity (Wildman–Crippen MR) is 92.9 cm³/mol. The van der Waals surface area contributed by atoms with E-state index in [-0.39, 0.29) is 17.5 Å². The second-order valence-electron chi connectivity index (χ2n) is 5.20. The van der Waals surface area contributed by atoms with Gasteiger partial charge in [0.25, 0.3) is 11.5 Å². The third-order valence-electron chi connectivity index (χ3n) is 3.89. The minimum Gasteiger partial charge on any atom is -0.330 e. The number of fused-ring (bicyclic) bond motifs is 1. The highest BCUT2D eigenvalue weighted by atomic mass is 35.5. The van der Waals surface area contributed by atoms with Crippen LogP contribution in [0, 0.1) is 0 Å². The van der Waals surface area contributed by atoms with E-state index in [4.69, 9.17) is 23.2 Å². The summed E-state index contributed by atoms with van der Waals surface area (Å²) >= 11 is 11.5. The van der Waals surface area contributed by atoms with E-state index in [0.29, 0.717) is 29.7 Å². The van der Waals surface area contributed by atoms with Gasteiger partial charge in [0.05, 0.1) is 16.9 Å². The molecular weight excluding hydrogens is 337 g/mol. The highest BCUT2D eigenvalue weighted by Crippen LogP contribution is 2.25.